The maximum absolute atomic E-state index is 12.3. The summed E-state index contributed by atoms with van der Waals surface area (Å²) in [6.07, 6.45) is 7.97. The first-order chi connectivity index (χ1) is 16.2. The normalized spacial score (nSPS) is 16.0. The van der Waals surface area contributed by atoms with Gasteiger partial charge in [0, 0.05) is 28.8 Å². The summed E-state index contributed by atoms with van der Waals surface area (Å²) in [6, 6.07) is 14.1. The van der Waals surface area contributed by atoms with Crippen molar-refractivity contribution in [1.29, 1.82) is 0 Å². The second kappa shape index (κ2) is 8.65. The summed E-state index contributed by atoms with van der Waals surface area (Å²) in [5, 5.41) is 11.7. The highest BCUT2D eigenvalue weighted by atomic mass is 35.5. The standard InChI is InChI=1S/C26H24ClN3O2S/c27-22-11-4-3-10-20(22)25-28-29-26(30(25)19-8-1-2-9-19)33-15-18-14-24(31)32-23-13-17-7-5-6-16(17)12-21(18)23/h3-4,10-14,19H,1-2,5-9,15H2. The third-order valence-corrected chi connectivity index (χ3v) is 8.19. The fraction of sp³-hybridized carbons (Fsp3) is 0.346. The summed E-state index contributed by atoms with van der Waals surface area (Å²) in [5.74, 6) is 1.46. The first-order valence-electron chi connectivity index (χ1n) is 11.6. The molecule has 2 heterocycles. The van der Waals surface area contributed by atoms with Crippen molar-refractivity contribution in [3.05, 3.63) is 74.6 Å². The van der Waals surface area contributed by atoms with E-state index in [9.17, 15) is 4.79 Å². The first kappa shape index (κ1) is 21.0. The summed E-state index contributed by atoms with van der Waals surface area (Å²) < 4.78 is 7.82. The van der Waals surface area contributed by atoms with E-state index >= 15 is 0 Å². The quantitative estimate of drug-likeness (QED) is 0.239. The summed E-state index contributed by atoms with van der Waals surface area (Å²) in [4.78, 5) is 12.3. The molecule has 0 saturated heterocycles. The first-order valence-corrected chi connectivity index (χ1v) is 12.9. The largest absolute Gasteiger partial charge is 0.423 e. The number of benzene rings is 2. The lowest BCUT2D eigenvalue weighted by Gasteiger charge is -2.17. The van der Waals surface area contributed by atoms with Crippen molar-refractivity contribution in [1.82, 2.24) is 14.8 Å². The maximum Gasteiger partial charge on any atom is 0.336 e. The highest BCUT2D eigenvalue weighted by Crippen LogP contribution is 2.39. The van der Waals surface area contributed by atoms with E-state index in [4.69, 9.17) is 16.0 Å². The molecule has 2 aromatic carbocycles. The van der Waals surface area contributed by atoms with Crippen LogP contribution in [0.2, 0.25) is 5.02 Å². The Morgan fingerprint density at radius 3 is 2.64 bits per heavy atom. The van der Waals surface area contributed by atoms with Gasteiger partial charge in [-0.3, -0.25) is 4.57 Å². The number of hydrogen-bond donors (Lipinski definition) is 0. The Morgan fingerprint density at radius 1 is 1.03 bits per heavy atom. The smallest absolute Gasteiger partial charge is 0.336 e. The van der Waals surface area contributed by atoms with Crippen LogP contribution in [-0.2, 0) is 18.6 Å². The molecule has 4 aromatic rings. The van der Waals surface area contributed by atoms with E-state index in [0.717, 1.165) is 59.6 Å². The molecule has 0 N–H and O–H groups in total. The van der Waals surface area contributed by atoms with Crippen LogP contribution in [0.25, 0.3) is 22.4 Å². The number of halogens is 1. The van der Waals surface area contributed by atoms with Crippen molar-refractivity contribution in [3.8, 4) is 11.4 Å². The number of aromatic nitrogens is 3. The van der Waals surface area contributed by atoms with Crippen molar-refractivity contribution in [2.24, 2.45) is 0 Å². The van der Waals surface area contributed by atoms with Crippen LogP contribution in [-0.4, -0.2) is 14.8 Å². The van der Waals surface area contributed by atoms with Crippen LogP contribution in [0.4, 0.5) is 0 Å². The van der Waals surface area contributed by atoms with E-state index in [1.807, 2.05) is 24.3 Å². The van der Waals surface area contributed by atoms with E-state index in [0.29, 0.717) is 22.4 Å². The molecule has 0 aliphatic heterocycles. The van der Waals surface area contributed by atoms with Gasteiger partial charge < -0.3 is 4.42 Å². The minimum absolute atomic E-state index is 0.301. The molecule has 2 aromatic heterocycles. The van der Waals surface area contributed by atoms with Crippen LogP contribution in [0.3, 0.4) is 0 Å². The predicted octanol–water partition coefficient (Wildman–Crippen LogP) is 6.60. The Morgan fingerprint density at radius 2 is 1.82 bits per heavy atom. The lowest BCUT2D eigenvalue weighted by Crippen LogP contribution is -2.09. The SMILES string of the molecule is O=c1cc(CSc2nnc(-c3ccccc3Cl)n2C2CCCC2)c2cc3c(cc2o1)CCC3. The Labute approximate surface area is 201 Å². The van der Waals surface area contributed by atoms with Crippen LogP contribution in [0.1, 0.15) is 54.8 Å². The number of fused-ring (bicyclic) bond motifs is 2. The van der Waals surface area contributed by atoms with Crippen LogP contribution >= 0.6 is 23.4 Å². The van der Waals surface area contributed by atoms with Crippen LogP contribution in [0.5, 0.6) is 0 Å². The van der Waals surface area contributed by atoms with Crippen molar-refractivity contribution in [2.75, 3.05) is 0 Å². The van der Waals surface area contributed by atoms with Gasteiger partial charge in [0.05, 0.1) is 5.02 Å². The van der Waals surface area contributed by atoms with Gasteiger partial charge in [0.25, 0.3) is 0 Å². The molecular weight excluding hydrogens is 454 g/mol. The molecule has 33 heavy (non-hydrogen) atoms. The third-order valence-electron chi connectivity index (χ3n) is 6.87. The van der Waals surface area contributed by atoms with Crippen molar-refractivity contribution >= 4 is 34.3 Å². The third kappa shape index (κ3) is 3.89. The molecule has 0 bridgehead atoms. The summed E-state index contributed by atoms with van der Waals surface area (Å²) in [7, 11) is 0. The number of aryl methyl sites for hydroxylation is 2. The van der Waals surface area contributed by atoms with Gasteiger partial charge in [-0.2, -0.15) is 0 Å². The Hall–Kier alpha value is -2.57. The zero-order valence-corrected chi connectivity index (χ0v) is 19.8. The minimum atomic E-state index is -0.301. The summed E-state index contributed by atoms with van der Waals surface area (Å²) in [5.41, 5.74) is 4.96. The molecule has 0 radical (unpaired) electrons. The lowest BCUT2D eigenvalue weighted by atomic mass is 10.0. The van der Waals surface area contributed by atoms with Crippen molar-refractivity contribution < 1.29 is 4.42 Å². The van der Waals surface area contributed by atoms with E-state index in [1.54, 1.807) is 17.8 Å². The monoisotopic (exact) mass is 477 g/mol. The molecule has 0 amide bonds. The summed E-state index contributed by atoms with van der Waals surface area (Å²) >= 11 is 8.15. The maximum atomic E-state index is 12.3. The highest BCUT2D eigenvalue weighted by Gasteiger charge is 2.26. The molecule has 7 heteroatoms. The minimum Gasteiger partial charge on any atom is -0.423 e. The fourth-order valence-corrected chi connectivity index (χ4v) is 6.47. The second-order valence-electron chi connectivity index (χ2n) is 8.94. The average Bonchev–Trinajstić information content (AvgIpc) is 3.56. The van der Waals surface area contributed by atoms with Crippen molar-refractivity contribution in [3.63, 3.8) is 0 Å². The molecule has 1 saturated carbocycles. The van der Waals surface area contributed by atoms with Gasteiger partial charge in [-0.1, -0.05) is 48.3 Å². The molecular formula is C26H24ClN3O2S. The zero-order chi connectivity index (χ0) is 22.4. The van der Waals surface area contributed by atoms with Gasteiger partial charge in [-0.05, 0) is 73.1 Å². The molecule has 5 nitrogen and oxygen atoms in total. The molecule has 0 atom stereocenters. The number of thioether (sulfide) groups is 1. The average molecular weight is 478 g/mol. The number of nitrogens with zero attached hydrogens (tertiary/aromatic N) is 3. The Bertz CT molecular complexity index is 1400. The molecule has 0 spiro atoms. The van der Waals surface area contributed by atoms with Crippen LogP contribution in [0, 0.1) is 0 Å². The van der Waals surface area contributed by atoms with Gasteiger partial charge in [0.2, 0.25) is 0 Å². The predicted molar refractivity (Wildman–Crippen MR) is 132 cm³/mol. The van der Waals surface area contributed by atoms with E-state index in [2.05, 4.69) is 26.9 Å². The van der Waals surface area contributed by atoms with E-state index in [1.165, 1.54) is 24.0 Å². The van der Waals surface area contributed by atoms with Gasteiger partial charge >= 0.3 is 5.63 Å². The van der Waals surface area contributed by atoms with Crippen LogP contribution in [0.15, 0.2) is 56.8 Å². The van der Waals surface area contributed by atoms with E-state index in [-0.39, 0.29) is 5.63 Å². The van der Waals surface area contributed by atoms with Crippen molar-refractivity contribution in [2.45, 2.75) is 61.9 Å². The number of rotatable bonds is 5. The molecule has 2 aliphatic rings. The molecule has 0 unspecified atom stereocenters. The van der Waals surface area contributed by atoms with Gasteiger partial charge in [-0.25, -0.2) is 4.79 Å². The van der Waals surface area contributed by atoms with Crippen LogP contribution < -0.4 is 5.63 Å². The summed E-state index contributed by atoms with van der Waals surface area (Å²) in [6.45, 7) is 0. The molecule has 2 aliphatic carbocycles. The molecule has 1 fully saturated rings. The fourth-order valence-electron chi connectivity index (χ4n) is 5.25. The number of hydrogen-bond acceptors (Lipinski definition) is 5. The zero-order valence-electron chi connectivity index (χ0n) is 18.2. The van der Waals surface area contributed by atoms with Gasteiger partial charge in [-0.15, -0.1) is 10.2 Å². The van der Waals surface area contributed by atoms with E-state index < -0.39 is 0 Å². The Balaban J connectivity index is 1.38. The van der Waals surface area contributed by atoms with Gasteiger partial charge in [0.15, 0.2) is 11.0 Å². The topological polar surface area (TPSA) is 60.9 Å². The van der Waals surface area contributed by atoms with Gasteiger partial charge in [0.1, 0.15) is 5.58 Å². The lowest BCUT2D eigenvalue weighted by molar-refractivity contribution is 0.485. The Kier molecular flexibility index (Phi) is 5.51. The second-order valence-corrected chi connectivity index (χ2v) is 10.3. The highest BCUT2D eigenvalue weighted by molar-refractivity contribution is 7.98. The molecule has 6 rings (SSSR count). The molecule has 168 valence electrons.